The fourth-order valence-corrected chi connectivity index (χ4v) is 2.83. The standard InChI is InChI=1S/C17H17Cl2N7O2/c1-3-28-14-8-11(18)13(7-12(14)19)25-17(27)24-10(2)15-22-9-23-26(15)16-20-5-4-6-21-16/h4-10H,3H2,1-2H3,(H2,24,25,27)/t10-/m0/s1. The van der Waals surface area contributed by atoms with Crippen LogP contribution in [0, 0.1) is 0 Å². The number of nitrogens with zero attached hydrogens (tertiary/aromatic N) is 5. The van der Waals surface area contributed by atoms with Gasteiger partial charge in [0.25, 0.3) is 5.95 Å². The minimum atomic E-state index is -0.488. The van der Waals surface area contributed by atoms with Gasteiger partial charge in [-0.05, 0) is 26.0 Å². The summed E-state index contributed by atoms with van der Waals surface area (Å²) >= 11 is 12.3. The van der Waals surface area contributed by atoms with Crippen LogP contribution in [0.2, 0.25) is 10.0 Å². The maximum Gasteiger partial charge on any atom is 0.319 e. The fourth-order valence-electron chi connectivity index (χ4n) is 2.41. The van der Waals surface area contributed by atoms with Gasteiger partial charge in [-0.15, -0.1) is 0 Å². The molecule has 28 heavy (non-hydrogen) atoms. The maximum absolute atomic E-state index is 12.4. The van der Waals surface area contributed by atoms with Crippen LogP contribution in [-0.4, -0.2) is 37.4 Å². The number of halogens is 2. The van der Waals surface area contributed by atoms with Crippen molar-refractivity contribution >= 4 is 34.9 Å². The molecule has 2 amide bonds. The first-order chi connectivity index (χ1) is 13.5. The second-order valence-electron chi connectivity index (χ2n) is 5.59. The van der Waals surface area contributed by atoms with E-state index in [1.807, 2.05) is 6.92 Å². The second-order valence-corrected chi connectivity index (χ2v) is 6.41. The van der Waals surface area contributed by atoms with Gasteiger partial charge in [0.2, 0.25) is 0 Å². The number of carbonyl (C=O) groups excluding carboxylic acids is 1. The van der Waals surface area contributed by atoms with Crippen LogP contribution in [0.5, 0.6) is 5.75 Å². The predicted octanol–water partition coefficient (Wildman–Crippen LogP) is 3.65. The average Bonchev–Trinajstić information content (AvgIpc) is 3.16. The molecule has 2 aromatic heterocycles. The number of urea groups is 1. The van der Waals surface area contributed by atoms with Crippen LogP contribution in [0.25, 0.3) is 5.95 Å². The first kappa shape index (κ1) is 19.8. The summed E-state index contributed by atoms with van der Waals surface area (Å²) in [5, 5.41) is 10.2. The zero-order valence-electron chi connectivity index (χ0n) is 15.1. The molecule has 0 saturated heterocycles. The number of ether oxygens (including phenoxy) is 1. The van der Waals surface area contributed by atoms with Crippen molar-refractivity contribution in [3.8, 4) is 11.7 Å². The number of anilines is 1. The van der Waals surface area contributed by atoms with E-state index >= 15 is 0 Å². The molecule has 0 aliphatic carbocycles. The largest absolute Gasteiger partial charge is 0.492 e. The highest BCUT2D eigenvalue weighted by molar-refractivity contribution is 6.36. The summed E-state index contributed by atoms with van der Waals surface area (Å²) in [7, 11) is 0. The summed E-state index contributed by atoms with van der Waals surface area (Å²) < 4.78 is 6.82. The number of hydrogen-bond acceptors (Lipinski definition) is 6. The van der Waals surface area contributed by atoms with Crippen LogP contribution in [0.1, 0.15) is 25.7 Å². The molecule has 2 heterocycles. The lowest BCUT2D eigenvalue weighted by atomic mass is 10.3. The number of rotatable bonds is 6. The molecule has 0 aliphatic heterocycles. The highest BCUT2D eigenvalue weighted by Gasteiger charge is 2.19. The summed E-state index contributed by atoms with van der Waals surface area (Å²) in [4.78, 5) is 24.8. The van der Waals surface area contributed by atoms with Crippen LogP contribution in [-0.2, 0) is 0 Å². The number of aromatic nitrogens is 5. The fraction of sp³-hybridized carbons (Fsp3) is 0.235. The topological polar surface area (TPSA) is 107 Å². The van der Waals surface area contributed by atoms with Crippen molar-refractivity contribution in [3.63, 3.8) is 0 Å². The van der Waals surface area contributed by atoms with Crippen molar-refractivity contribution in [2.45, 2.75) is 19.9 Å². The molecule has 3 aromatic rings. The van der Waals surface area contributed by atoms with Gasteiger partial charge in [0.15, 0.2) is 5.82 Å². The van der Waals surface area contributed by atoms with E-state index in [1.54, 1.807) is 31.5 Å². The first-order valence-corrected chi connectivity index (χ1v) is 9.11. The van der Waals surface area contributed by atoms with Crippen LogP contribution >= 0.6 is 23.2 Å². The van der Waals surface area contributed by atoms with Gasteiger partial charge < -0.3 is 15.4 Å². The number of nitrogens with one attached hydrogen (secondary N) is 2. The van der Waals surface area contributed by atoms with Gasteiger partial charge in [-0.3, -0.25) is 0 Å². The van der Waals surface area contributed by atoms with Gasteiger partial charge in [-0.2, -0.15) is 9.78 Å². The van der Waals surface area contributed by atoms with Crippen LogP contribution in [0.4, 0.5) is 10.5 Å². The molecule has 0 aliphatic rings. The smallest absolute Gasteiger partial charge is 0.319 e. The van der Waals surface area contributed by atoms with E-state index in [0.29, 0.717) is 39.9 Å². The molecule has 3 rings (SSSR count). The summed E-state index contributed by atoms with van der Waals surface area (Å²) in [5.74, 6) is 1.27. The molecule has 0 radical (unpaired) electrons. The van der Waals surface area contributed by atoms with Crippen LogP contribution in [0.3, 0.4) is 0 Å². The lowest BCUT2D eigenvalue weighted by Gasteiger charge is -2.16. The van der Waals surface area contributed by atoms with Gasteiger partial charge in [0.1, 0.15) is 12.1 Å². The van der Waals surface area contributed by atoms with E-state index in [9.17, 15) is 4.79 Å². The van der Waals surface area contributed by atoms with Gasteiger partial charge >= 0.3 is 6.03 Å². The van der Waals surface area contributed by atoms with Crippen LogP contribution in [0.15, 0.2) is 36.9 Å². The Morgan fingerprint density at radius 2 is 1.96 bits per heavy atom. The third kappa shape index (κ3) is 4.49. The Labute approximate surface area is 171 Å². The van der Waals surface area contributed by atoms with E-state index in [1.165, 1.54) is 17.1 Å². The molecular weight excluding hydrogens is 405 g/mol. The molecule has 9 nitrogen and oxygen atoms in total. The van der Waals surface area contributed by atoms with Crippen molar-refractivity contribution in [1.29, 1.82) is 0 Å². The Kier molecular flexibility index (Phi) is 6.27. The molecule has 0 spiro atoms. The quantitative estimate of drug-likeness (QED) is 0.628. The highest BCUT2D eigenvalue weighted by atomic mass is 35.5. The summed E-state index contributed by atoms with van der Waals surface area (Å²) in [5.41, 5.74) is 0.354. The molecule has 146 valence electrons. The zero-order chi connectivity index (χ0) is 20.1. The summed E-state index contributed by atoms with van der Waals surface area (Å²) in [6.07, 6.45) is 4.55. The Morgan fingerprint density at radius 1 is 1.21 bits per heavy atom. The maximum atomic E-state index is 12.4. The Hall–Kier alpha value is -2.91. The van der Waals surface area contributed by atoms with Crippen molar-refractivity contribution < 1.29 is 9.53 Å². The molecule has 0 saturated carbocycles. The van der Waals surface area contributed by atoms with Crippen LogP contribution < -0.4 is 15.4 Å². The lowest BCUT2D eigenvalue weighted by Crippen LogP contribution is -2.32. The number of benzene rings is 1. The molecular formula is C17H17Cl2N7O2. The monoisotopic (exact) mass is 421 g/mol. The Bertz CT molecular complexity index is 965. The highest BCUT2D eigenvalue weighted by Crippen LogP contribution is 2.34. The number of carbonyl (C=O) groups is 1. The Balaban J connectivity index is 1.71. The van der Waals surface area contributed by atoms with Gasteiger partial charge in [-0.1, -0.05) is 23.2 Å². The zero-order valence-corrected chi connectivity index (χ0v) is 16.6. The van der Waals surface area contributed by atoms with Crippen molar-refractivity contribution in [2.24, 2.45) is 0 Å². The number of amides is 2. The van der Waals surface area contributed by atoms with Gasteiger partial charge in [0, 0.05) is 18.5 Å². The van der Waals surface area contributed by atoms with E-state index in [-0.39, 0.29) is 0 Å². The minimum Gasteiger partial charge on any atom is -0.492 e. The van der Waals surface area contributed by atoms with Crippen molar-refractivity contribution in [1.82, 2.24) is 30.0 Å². The summed E-state index contributed by atoms with van der Waals surface area (Å²) in [6, 6.07) is 3.80. The van der Waals surface area contributed by atoms with E-state index < -0.39 is 12.1 Å². The molecule has 0 unspecified atom stereocenters. The minimum absolute atomic E-state index is 0.302. The first-order valence-electron chi connectivity index (χ1n) is 8.36. The van der Waals surface area contributed by atoms with Gasteiger partial charge in [-0.25, -0.2) is 19.7 Å². The van der Waals surface area contributed by atoms with Gasteiger partial charge in [0.05, 0.1) is 28.4 Å². The lowest BCUT2D eigenvalue weighted by molar-refractivity contribution is 0.248. The third-order valence-electron chi connectivity index (χ3n) is 3.62. The van der Waals surface area contributed by atoms with E-state index in [4.69, 9.17) is 27.9 Å². The average molecular weight is 422 g/mol. The molecule has 1 aromatic carbocycles. The second kappa shape index (κ2) is 8.85. The van der Waals surface area contributed by atoms with E-state index in [2.05, 4.69) is 30.7 Å². The molecule has 11 heteroatoms. The van der Waals surface area contributed by atoms with E-state index in [0.717, 1.165) is 0 Å². The molecule has 0 fully saturated rings. The van der Waals surface area contributed by atoms with Crippen molar-refractivity contribution in [3.05, 3.63) is 52.8 Å². The normalized spacial score (nSPS) is 11.7. The summed E-state index contributed by atoms with van der Waals surface area (Å²) in [6.45, 7) is 4.05. The molecule has 0 bridgehead atoms. The number of hydrogen-bond donors (Lipinski definition) is 2. The molecule has 2 N–H and O–H groups in total. The van der Waals surface area contributed by atoms with Crippen molar-refractivity contribution in [2.75, 3.05) is 11.9 Å². The Morgan fingerprint density at radius 3 is 2.68 bits per heavy atom. The molecule has 1 atom stereocenters. The SMILES string of the molecule is CCOc1cc(Cl)c(NC(=O)N[C@@H](C)c2ncnn2-c2ncccn2)cc1Cl. The third-order valence-corrected chi connectivity index (χ3v) is 4.23. The predicted molar refractivity (Wildman–Crippen MR) is 105 cm³/mol.